The standard InChI is InChI=1S/C26H24N4O2/c31-16-4-15-30-28-26(27-29-30)20-9-7-19(8-10-20)25-23(18-5-2-1-3-6-18)13-11-21-17-22(32)12-14-24(21)25/h1-3,5-10,12,14,17,31-32H,4,11,13,15-16H2. The van der Waals surface area contributed by atoms with Gasteiger partial charge in [0.05, 0.1) is 6.54 Å². The lowest BCUT2D eigenvalue weighted by Crippen LogP contribution is -2.06. The zero-order chi connectivity index (χ0) is 21.9. The molecule has 1 aliphatic rings. The molecule has 5 rings (SSSR count). The van der Waals surface area contributed by atoms with Gasteiger partial charge in [-0.1, -0.05) is 60.7 Å². The first kappa shape index (κ1) is 20.2. The lowest BCUT2D eigenvalue weighted by molar-refractivity contribution is 0.272. The number of fused-ring (bicyclic) bond motifs is 1. The predicted molar refractivity (Wildman–Crippen MR) is 124 cm³/mol. The van der Waals surface area contributed by atoms with Crippen LogP contribution in [0.15, 0.2) is 72.8 Å². The molecule has 0 amide bonds. The summed E-state index contributed by atoms with van der Waals surface area (Å²) >= 11 is 0. The Balaban J connectivity index is 1.56. The largest absolute Gasteiger partial charge is 0.508 e. The Morgan fingerprint density at radius 2 is 1.62 bits per heavy atom. The van der Waals surface area contributed by atoms with Gasteiger partial charge in [0.1, 0.15) is 5.75 Å². The highest BCUT2D eigenvalue weighted by molar-refractivity contribution is 6.01. The fourth-order valence-corrected chi connectivity index (χ4v) is 4.29. The Morgan fingerprint density at radius 3 is 2.41 bits per heavy atom. The van der Waals surface area contributed by atoms with Gasteiger partial charge in [0.15, 0.2) is 0 Å². The van der Waals surface area contributed by atoms with Crippen molar-refractivity contribution in [1.82, 2.24) is 20.2 Å². The van der Waals surface area contributed by atoms with Crippen LogP contribution >= 0.6 is 0 Å². The van der Waals surface area contributed by atoms with Crippen LogP contribution in [0.25, 0.3) is 22.5 Å². The number of phenols is 1. The number of aliphatic hydroxyl groups is 1. The number of aromatic nitrogens is 4. The minimum atomic E-state index is 0.101. The first-order valence-electron chi connectivity index (χ1n) is 10.8. The number of benzene rings is 3. The second kappa shape index (κ2) is 8.77. The van der Waals surface area contributed by atoms with Gasteiger partial charge in [-0.2, -0.15) is 4.80 Å². The molecule has 0 aliphatic heterocycles. The maximum Gasteiger partial charge on any atom is 0.204 e. The maximum absolute atomic E-state index is 9.99. The second-order valence-electron chi connectivity index (χ2n) is 7.92. The molecule has 1 aliphatic carbocycles. The van der Waals surface area contributed by atoms with E-state index < -0.39 is 0 Å². The van der Waals surface area contributed by atoms with Crippen molar-refractivity contribution >= 4 is 11.1 Å². The van der Waals surface area contributed by atoms with E-state index in [1.807, 2.05) is 30.3 Å². The minimum Gasteiger partial charge on any atom is -0.508 e. The van der Waals surface area contributed by atoms with E-state index >= 15 is 0 Å². The third kappa shape index (κ3) is 3.92. The van der Waals surface area contributed by atoms with Gasteiger partial charge in [0, 0.05) is 12.2 Å². The Bertz CT molecular complexity index is 1260. The molecule has 0 spiro atoms. The zero-order valence-electron chi connectivity index (χ0n) is 17.6. The summed E-state index contributed by atoms with van der Waals surface area (Å²) in [5.74, 6) is 0.873. The maximum atomic E-state index is 9.99. The molecule has 0 atom stereocenters. The molecule has 160 valence electrons. The molecule has 32 heavy (non-hydrogen) atoms. The number of rotatable bonds is 6. The molecule has 0 saturated heterocycles. The van der Waals surface area contributed by atoms with Crippen molar-refractivity contribution < 1.29 is 10.2 Å². The second-order valence-corrected chi connectivity index (χ2v) is 7.92. The van der Waals surface area contributed by atoms with Crippen LogP contribution in [-0.4, -0.2) is 37.0 Å². The summed E-state index contributed by atoms with van der Waals surface area (Å²) in [4.78, 5) is 1.51. The molecule has 3 aromatic carbocycles. The number of tetrazole rings is 1. The molecular weight excluding hydrogens is 400 g/mol. The minimum absolute atomic E-state index is 0.101. The first-order chi connectivity index (χ1) is 15.7. The Kier molecular flexibility index (Phi) is 5.52. The summed E-state index contributed by atoms with van der Waals surface area (Å²) in [6.07, 6.45) is 2.41. The van der Waals surface area contributed by atoms with Gasteiger partial charge in [0.25, 0.3) is 0 Å². The van der Waals surface area contributed by atoms with Crippen LogP contribution in [0.1, 0.15) is 35.1 Å². The molecular formula is C26H24N4O2. The van der Waals surface area contributed by atoms with Crippen LogP contribution in [0.5, 0.6) is 5.75 Å². The Hall–Kier alpha value is -3.77. The molecule has 6 heteroatoms. The van der Waals surface area contributed by atoms with Crippen LogP contribution in [0.2, 0.25) is 0 Å². The van der Waals surface area contributed by atoms with E-state index in [9.17, 15) is 5.11 Å². The van der Waals surface area contributed by atoms with Gasteiger partial charge in [0.2, 0.25) is 5.82 Å². The lowest BCUT2D eigenvalue weighted by atomic mass is 9.79. The summed E-state index contributed by atoms with van der Waals surface area (Å²) in [7, 11) is 0. The van der Waals surface area contributed by atoms with E-state index in [4.69, 9.17) is 5.11 Å². The average Bonchev–Trinajstić information content (AvgIpc) is 3.31. The summed E-state index contributed by atoms with van der Waals surface area (Å²) < 4.78 is 0. The van der Waals surface area contributed by atoms with Crippen LogP contribution in [-0.2, 0) is 13.0 Å². The molecule has 6 nitrogen and oxygen atoms in total. The van der Waals surface area contributed by atoms with E-state index in [1.165, 1.54) is 21.5 Å². The predicted octanol–water partition coefficient (Wildman–Crippen LogP) is 4.33. The quantitative estimate of drug-likeness (QED) is 0.481. The molecule has 0 bridgehead atoms. The van der Waals surface area contributed by atoms with Crippen molar-refractivity contribution in [3.05, 3.63) is 95.1 Å². The number of phenolic OH excluding ortho intramolecular Hbond substituents is 1. The highest BCUT2D eigenvalue weighted by Gasteiger charge is 2.22. The smallest absolute Gasteiger partial charge is 0.204 e. The molecule has 0 unspecified atom stereocenters. The highest BCUT2D eigenvalue weighted by atomic mass is 16.3. The summed E-state index contributed by atoms with van der Waals surface area (Å²) in [6, 6.07) is 24.4. The number of aliphatic hydroxyl groups excluding tert-OH is 1. The fourth-order valence-electron chi connectivity index (χ4n) is 4.29. The molecule has 1 aromatic heterocycles. The number of nitrogens with zero attached hydrogens (tertiary/aromatic N) is 4. The lowest BCUT2D eigenvalue weighted by Gasteiger charge is -2.25. The highest BCUT2D eigenvalue weighted by Crippen LogP contribution is 2.41. The topological polar surface area (TPSA) is 84.1 Å². The summed E-state index contributed by atoms with van der Waals surface area (Å²) in [5, 5.41) is 31.6. The Morgan fingerprint density at radius 1 is 0.844 bits per heavy atom. The molecule has 4 aromatic rings. The average molecular weight is 425 g/mol. The van der Waals surface area contributed by atoms with Crippen LogP contribution in [0.3, 0.4) is 0 Å². The van der Waals surface area contributed by atoms with Gasteiger partial charge in [-0.05, 0) is 70.0 Å². The normalized spacial score (nSPS) is 13.3. The monoisotopic (exact) mass is 424 g/mol. The van der Waals surface area contributed by atoms with Crippen molar-refractivity contribution in [3.8, 4) is 17.1 Å². The molecule has 1 heterocycles. The Labute approximate surface area is 186 Å². The van der Waals surface area contributed by atoms with Crippen molar-refractivity contribution in [1.29, 1.82) is 0 Å². The molecule has 2 N–H and O–H groups in total. The molecule has 0 saturated carbocycles. The van der Waals surface area contributed by atoms with Gasteiger partial charge in [-0.3, -0.25) is 0 Å². The van der Waals surface area contributed by atoms with Crippen molar-refractivity contribution in [2.75, 3.05) is 6.61 Å². The molecule has 0 radical (unpaired) electrons. The van der Waals surface area contributed by atoms with E-state index in [0.29, 0.717) is 24.5 Å². The third-order valence-corrected chi connectivity index (χ3v) is 5.83. The van der Waals surface area contributed by atoms with E-state index in [-0.39, 0.29) is 6.61 Å². The summed E-state index contributed by atoms with van der Waals surface area (Å²) in [6.45, 7) is 0.641. The number of aromatic hydroxyl groups is 1. The fraction of sp³-hybridized carbons (Fsp3) is 0.192. The van der Waals surface area contributed by atoms with Gasteiger partial charge >= 0.3 is 0 Å². The third-order valence-electron chi connectivity index (χ3n) is 5.83. The van der Waals surface area contributed by atoms with Crippen LogP contribution in [0.4, 0.5) is 0 Å². The SMILES string of the molecule is OCCCn1nnc(-c2ccc(C3=C(c4ccccc4)CCc4cc(O)ccc43)cc2)n1. The first-order valence-corrected chi connectivity index (χ1v) is 10.8. The van der Waals surface area contributed by atoms with E-state index in [1.54, 1.807) is 6.07 Å². The van der Waals surface area contributed by atoms with Gasteiger partial charge in [-0.15, -0.1) is 10.2 Å². The van der Waals surface area contributed by atoms with E-state index in [0.717, 1.165) is 35.1 Å². The summed E-state index contributed by atoms with van der Waals surface area (Å²) in [5.41, 5.74) is 8.07. The number of hydrogen-bond donors (Lipinski definition) is 2. The number of allylic oxidation sites excluding steroid dienone is 1. The number of aryl methyl sites for hydroxylation is 2. The zero-order valence-corrected chi connectivity index (χ0v) is 17.6. The van der Waals surface area contributed by atoms with Gasteiger partial charge in [-0.25, -0.2) is 0 Å². The van der Waals surface area contributed by atoms with Crippen LogP contribution in [0, 0.1) is 0 Å². The van der Waals surface area contributed by atoms with Gasteiger partial charge < -0.3 is 10.2 Å². The van der Waals surface area contributed by atoms with E-state index in [2.05, 4.69) is 51.8 Å². The van der Waals surface area contributed by atoms with Crippen molar-refractivity contribution in [2.24, 2.45) is 0 Å². The number of hydrogen-bond acceptors (Lipinski definition) is 5. The molecule has 0 fully saturated rings. The van der Waals surface area contributed by atoms with Crippen molar-refractivity contribution in [3.63, 3.8) is 0 Å². The van der Waals surface area contributed by atoms with Crippen LogP contribution < -0.4 is 0 Å². The van der Waals surface area contributed by atoms with Crippen molar-refractivity contribution in [2.45, 2.75) is 25.8 Å².